The van der Waals surface area contributed by atoms with E-state index in [1.54, 1.807) is 0 Å². The van der Waals surface area contributed by atoms with E-state index in [4.69, 9.17) is 0 Å². The first kappa shape index (κ1) is 14.5. The van der Waals surface area contributed by atoms with Gasteiger partial charge in [-0.15, -0.1) is 0 Å². The lowest BCUT2D eigenvalue weighted by molar-refractivity contribution is -0.120. The average Bonchev–Trinajstić information content (AvgIpc) is 3.19. The average molecular weight is 265 g/mol. The molecule has 108 valence electrons. The molecule has 1 aliphatic heterocycles. The SMILES string of the molecule is CC(C)=CCN1CCC(NCC(=O)NC2CC2)CC1. The van der Waals surface area contributed by atoms with E-state index >= 15 is 0 Å². The quantitative estimate of drug-likeness (QED) is 0.711. The van der Waals surface area contributed by atoms with Crippen LogP contribution < -0.4 is 10.6 Å². The summed E-state index contributed by atoms with van der Waals surface area (Å²) in [5, 5.41) is 6.40. The number of hydrogen-bond acceptors (Lipinski definition) is 3. The van der Waals surface area contributed by atoms with E-state index in [1.165, 1.54) is 5.57 Å². The van der Waals surface area contributed by atoms with Crippen LogP contribution in [0, 0.1) is 0 Å². The maximum absolute atomic E-state index is 11.6. The van der Waals surface area contributed by atoms with Gasteiger partial charge in [-0.05, 0) is 52.6 Å². The summed E-state index contributed by atoms with van der Waals surface area (Å²) in [7, 11) is 0. The zero-order valence-corrected chi connectivity index (χ0v) is 12.2. The Morgan fingerprint density at radius 3 is 2.42 bits per heavy atom. The van der Waals surface area contributed by atoms with Gasteiger partial charge in [0.2, 0.25) is 5.91 Å². The number of amides is 1. The number of hydrogen-bond donors (Lipinski definition) is 2. The van der Waals surface area contributed by atoms with Crippen molar-refractivity contribution in [1.82, 2.24) is 15.5 Å². The molecule has 1 heterocycles. The highest BCUT2D eigenvalue weighted by molar-refractivity contribution is 5.78. The van der Waals surface area contributed by atoms with Gasteiger partial charge in [-0.2, -0.15) is 0 Å². The van der Waals surface area contributed by atoms with Gasteiger partial charge in [0.25, 0.3) is 0 Å². The Bertz CT molecular complexity index is 324. The molecule has 0 atom stereocenters. The van der Waals surface area contributed by atoms with Crippen molar-refractivity contribution in [2.75, 3.05) is 26.2 Å². The van der Waals surface area contributed by atoms with Gasteiger partial charge >= 0.3 is 0 Å². The molecule has 4 heteroatoms. The fourth-order valence-corrected chi connectivity index (χ4v) is 2.37. The normalized spacial score (nSPS) is 21.2. The van der Waals surface area contributed by atoms with E-state index < -0.39 is 0 Å². The van der Waals surface area contributed by atoms with Crippen molar-refractivity contribution in [3.05, 3.63) is 11.6 Å². The summed E-state index contributed by atoms with van der Waals surface area (Å²) < 4.78 is 0. The van der Waals surface area contributed by atoms with Crippen LogP contribution in [0.2, 0.25) is 0 Å². The maximum atomic E-state index is 11.6. The van der Waals surface area contributed by atoms with E-state index in [-0.39, 0.29) is 5.91 Å². The predicted octanol–water partition coefficient (Wildman–Crippen LogP) is 1.29. The molecule has 2 fully saturated rings. The molecule has 0 aromatic rings. The van der Waals surface area contributed by atoms with E-state index in [1.807, 2.05) is 0 Å². The third-order valence-corrected chi connectivity index (χ3v) is 3.84. The van der Waals surface area contributed by atoms with Gasteiger partial charge in [0, 0.05) is 18.6 Å². The highest BCUT2D eigenvalue weighted by Gasteiger charge is 2.24. The van der Waals surface area contributed by atoms with Crippen LogP contribution in [-0.4, -0.2) is 49.1 Å². The van der Waals surface area contributed by atoms with Crippen molar-refractivity contribution in [2.45, 2.75) is 51.6 Å². The molecule has 0 bridgehead atoms. The topological polar surface area (TPSA) is 44.4 Å². The van der Waals surface area contributed by atoms with Crippen molar-refractivity contribution in [1.29, 1.82) is 0 Å². The summed E-state index contributed by atoms with van der Waals surface area (Å²) in [6, 6.07) is 0.980. The predicted molar refractivity (Wildman–Crippen MR) is 78.1 cm³/mol. The van der Waals surface area contributed by atoms with Gasteiger partial charge in [-0.3, -0.25) is 9.69 Å². The third kappa shape index (κ3) is 5.74. The molecule has 0 unspecified atom stereocenters. The van der Waals surface area contributed by atoms with E-state index in [0.29, 0.717) is 18.6 Å². The Labute approximate surface area is 116 Å². The lowest BCUT2D eigenvalue weighted by atomic mass is 10.0. The van der Waals surface area contributed by atoms with Gasteiger partial charge in [0.1, 0.15) is 0 Å². The molecule has 1 amide bonds. The van der Waals surface area contributed by atoms with Crippen molar-refractivity contribution >= 4 is 5.91 Å². The van der Waals surface area contributed by atoms with Crippen LogP contribution in [0.4, 0.5) is 0 Å². The summed E-state index contributed by atoms with van der Waals surface area (Å²) in [6.45, 7) is 8.10. The van der Waals surface area contributed by atoms with Crippen LogP contribution in [0.5, 0.6) is 0 Å². The Morgan fingerprint density at radius 2 is 1.84 bits per heavy atom. The second kappa shape index (κ2) is 7.06. The first-order valence-corrected chi connectivity index (χ1v) is 7.52. The van der Waals surface area contributed by atoms with E-state index in [0.717, 1.165) is 45.3 Å². The minimum Gasteiger partial charge on any atom is -0.352 e. The lowest BCUT2D eigenvalue weighted by Gasteiger charge is -2.31. The van der Waals surface area contributed by atoms with Crippen molar-refractivity contribution in [2.24, 2.45) is 0 Å². The Morgan fingerprint density at radius 1 is 1.16 bits per heavy atom. The van der Waals surface area contributed by atoms with Crippen LogP contribution in [0.3, 0.4) is 0 Å². The largest absolute Gasteiger partial charge is 0.352 e. The molecule has 2 N–H and O–H groups in total. The minimum absolute atomic E-state index is 0.162. The molecule has 1 aliphatic carbocycles. The molecule has 2 rings (SSSR count). The molecule has 1 saturated heterocycles. The molecule has 4 nitrogen and oxygen atoms in total. The monoisotopic (exact) mass is 265 g/mol. The third-order valence-electron chi connectivity index (χ3n) is 3.84. The van der Waals surface area contributed by atoms with E-state index in [2.05, 4.69) is 35.5 Å². The number of carbonyl (C=O) groups is 1. The fourth-order valence-electron chi connectivity index (χ4n) is 2.37. The number of nitrogens with one attached hydrogen (secondary N) is 2. The van der Waals surface area contributed by atoms with Crippen molar-refractivity contribution in [3.8, 4) is 0 Å². The van der Waals surface area contributed by atoms with Crippen LogP contribution in [0.25, 0.3) is 0 Å². The van der Waals surface area contributed by atoms with Crippen LogP contribution >= 0.6 is 0 Å². The van der Waals surface area contributed by atoms with E-state index in [9.17, 15) is 4.79 Å². The first-order valence-electron chi connectivity index (χ1n) is 7.52. The maximum Gasteiger partial charge on any atom is 0.234 e. The summed E-state index contributed by atoms with van der Waals surface area (Å²) >= 11 is 0. The first-order chi connectivity index (χ1) is 9.13. The van der Waals surface area contributed by atoms with Crippen LogP contribution in [-0.2, 0) is 4.79 Å². The second-order valence-corrected chi connectivity index (χ2v) is 6.08. The Kier molecular flexibility index (Phi) is 5.40. The van der Waals surface area contributed by atoms with Gasteiger partial charge in [-0.25, -0.2) is 0 Å². The lowest BCUT2D eigenvalue weighted by Crippen LogP contribution is -2.46. The molecule has 0 spiro atoms. The zero-order chi connectivity index (χ0) is 13.7. The van der Waals surface area contributed by atoms with Crippen LogP contribution in [0.15, 0.2) is 11.6 Å². The highest BCUT2D eigenvalue weighted by atomic mass is 16.2. The van der Waals surface area contributed by atoms with Crippen molar-refractivity contribution in [3.63, 3.8) is 0 Å². The molecule has 19 heavy (non-hydrogen) atoms. The molecular formula is C15H27N3O. The fraction of sp³-hybridized carbons (Fsp3) is 0.800. The standard InChI is InChI=1S/C15H27N3O/c1-12(2)5-8-18-9-6-13(7-10-18)16-11-15(19)17-14-3-4-14/h5,13-14,16H,3-4,6-11H2,1-2H3,(H,17,19). The van der Waals surface area contributed by atoms with Crippen LogP contribution in [0.1, 0.15) is 39.5 Å². The number of allylic oxidation sites excluding steroid dienone is 1. The van der Waals surface area contributed by atoms with Gasteiger partial charge < -0.3 is 10.6 Å². The van der Waals surface area contributed by atoms with Gasteiger partial charge in [-0.1, -0.05) is 11.6 Å². The molecule has 0 aromatic heterocycles. The number of likely N-dealkylation sites (tertiary alicyclic amines) is 1. The number of piperidine rings is 1. The highest BCUT2D eigenvalue weighted by Crippen LogP contribution is 2.18. The Balaban J connectivity index is 1.57. The number of carbonyl (C=O) groups excluding carboxylic acids is 1. The molecule has 0 radical (unpaired) electrons. The Hall–Kier alpha value is -0.870. The van der Waals surface area contributed by atoms with Gasteiger partial charge in [0.05, 0.1) is 6.54 Å². The molecule has 2 aliphatic rings. The number of rotatable bonds is 6. The summed E-state index contributed by atoms with van der Waals surface area (Å²) in [5.74, 6) is 0.162. The van der Waals surface area contributed by atoms with Crippen molar-refractivity contribution < 1.29 is 4.79 Å². The summed E-state index contributed by atoms with van der Waals surface area (Å²) in [4.78, 5) is 14.1. The number of nitrogens with zero attached hydrogens (tertiary/aromatic N) is 1. The summed E-state index contributed by atoms with van der Waals surface area (Å²) in [5.41, 5.74) is 1.39. The molecular weight excluding hydrogens is 238 g/mol. The van der Waals surface area contributed by atoms with Gasteiger partial charge in [0.15, 0.2) is 0 Å². The minimum atomic E-state index is 0.162. The smallest absolute Gasteiger partial charge is 0.234 e. The second-order valence-electron chi connectivity index (χ2n) is 6.08. The summed E-state index contributed by atoms with van der Waals surface area (Å²) in [6.07, 6.45) is 6.90. The zero-order valence-electron chi connectivity index (χ0n) is 12.2. The molecule has 0 aromatic carbocycles. The molecule has 1 saturated carbocycles.